The molecule has 1 aliphatic heterocycles. The zero-order chi connectivity index (χ0) is 19.1. The average Bonchev–Trinajstić information content (AvgIpc) is 3.10. The molecule has 0 unspecified atom stereocenters. The number of amides is 1. The number of hydrogen-bond acceptors (Lipinski definition) is 5. The van der Waals surface area contributed by atoms with Crippen molar-refractivity contribution in [3.05, 3.63) is 65.2 Å². The first-order chi connectivity index (χ1) is 13.2. The topological polar surface area (TPSA) is 79.6 Å². The lowest BCUT2D eigenvalue weighted by atomic mass is 10.1. The van der Waals surface area contributed by atoms with E-state index in [1.807, 2.05) is 23.1 Å². The van der Waals surface area contributed by atoms with E-state index in [1.165, 1.54) is 0 Å². The van der Waals surface area contributed by atoms with Gasteiger partial charge in [-0.25, -0.2) is 4.79 Å². The number of esters is 1. The summed E-state index contributed by atoms with van der Waals surface area (Å²) in [5.41, 5.74) is 2.02. The van der Waals surface area contributed by atoms with E-state index in [9.17, 15) is 9.59 Å². The van der Waals surface area contributed by atoms with Gasteiger partial charge in [0.05, 0.1) is 17.2 Å². The third-order valence-corrected chi connectivity index (χ3v) is 4.30. The first-order valence-corrected chi connectivity index (χ1v) is 8.82. The van der Waals surface area contributed by atoms with Crippen molar-refractivity contribution in [1.82, 2.24) is 4.90 Å². The number of carbonyl (C=O) groups excluding carboxylic acids is 2. The summed E-state index contributed by atoms with van der Waals surface area (Å²) in [5, 5.41) is 8.75. The van der Waals surface area contributed by atoms with Crippen LogP contribution in [0.1, 0.15) is 34.3 Å². The van der Waals surface area contributed by atoms with E-state index in [-0.39, 0.29) is 19.1 Å². The second-order valence-electron chi connectivity index (χ2n) is 6.24. The van der Waals surface area contributed by atoms with E-state index in [4.69, 9.17) is 14.7 Å². The van der Waals surface area contributed by atoms with E-state index in [1.54, 1.807) is 36.4 Å². The molecule has 0 spiro atoms. The molecule has 0 aromatic heterocycles. The monoisotopic (exact) mass is 364 g/mol. The van der Waals surface area contributed by atoms with Crippen LogP contribution in [0.5, 0.6) is 5.75 Å². The summed E-state index contributed by atoms with van der Waals surface area (Å²) in [5.74, 6) is 0.383. The van der Waals surface area contributed by atoms with Gasteiger partial charge >= 0.3 is 5.97 Å². The zero-order valence-electron chi connectivity index (χ0n) is 14.9. The summed E-state index contributed by atoms with van der Waals surface area (Å²) in [6.07, 6.45) is 1.53. The van der Waals surface area contributed by atoms with Crippen molar-refractivity contribution in [2.24, 2.45) is 0 Å². The van der Waals surface area contributed by atoms with Gasteiger partial charge in [0.2, 0.25) is 5.91 Å². The zero-order valence-corrected chi connectivity index (χ0v) is 14.9. The number of nitrogens with zero attached hydrogens (tertiary/aromatic N) is 2. The average molecular weight is 364 g/mol. The summed E-state index contributed by atoms with van der Waals surface area (Å²) in [7, 11) is 0. The fourth-order valence-corrected chi connectivity index (χ4v) is 2.84. The van der Waals surface area contributed by atoms with Crippen molar-refractivity contribution in [3.63, 3.8) is 0 Å². The number of likely N-dealkylation sites (tertiary alicyclic amines) is 1. The molecule has 138 valence electrons. The first-order valence-electron chi connectivity index (χ1n) is 8.82. The molecule has 6 heteroatoms. The van der Waals surface area contributed by atoms with Crippen LogP contribution in [0, 0.1) is 11.3 Å². The Morgan fingerprint density at radius 2 is 1.81 bits per heavy atom. The van der Waals surface area contributed by atoms with Crippen LogP contribution in [-0.2, 0) is 16.1 Å². The lowest BCUT2D eigenvalue weighted by Crippen LogP contribution is -2.23. The standard InChI is InChI=1S/C21H20N2O4/c22-14-16-5-9-19(10-6-16)26-12-13-27-21(25)18-7-3-17(4-8-18)15-23-11-1-2-20(23)24/h3-10H,1-2,11-13,15H2. The maximum absolute atomic E-state index is 12.1. The summed E-state index contributed by atoms with van der Waals surface area (Å²) in [6.45, 7) is 1.73. The van der Waals surface area contributed by atoms with E-state index in [2.05, 4.69) is 0 Å². The van der Waals surface area contributed by atoms with Crippen LogP contribution in [0.15, 0.2) is 48.5 Å². The Bertz CT molecular complexity index is 838. The molecular weight excluding hydrogens is 344 g/mol. The van der Waals surface area contributed by atoms with E-state index >= 15 is 0 Å². The largest absolute Gasteiger partial charge is 0.490 e. The molecule has 27 heavy (non-hydrogen) atoms. The Morgan fingerprint density at radius 1 is 1.07 bits per heavy atom. The van der Waals surface area contributed by atoms with Crippen LogP contribution < -0.4 is 4.74 Å². The molecule has 1 fully saturated rings. The highest BCUT2D eigenvalue weighted by atomic mass is 16.6. The lowest BCUT2D eigenvalue weighted by molar-refractivity contribution is -0.128. The Labute approximate surface area is 157 Å². The molecule has 0 radical (unpaired) electrons. The van der Waals surface area contributed by atoms with Crippen LogP contribution in [0.25, 0.3) is 0 Å². The normalized spacial score (nSPS) is 13.3. The fourth-order valence-electron chi connectivity index (χ4n) is 2.84. The van der Waals surface area contributed by atoms with Crippen LogP contribution in [0.2, 0.25) is 0 Å². The molecule has 0 aliphatic carbocycles. The Morgan fingerprint density at radius 3 is 2.44 bits per heavy atom. The van der Waals surface area contributed by atoms with Gasteiger partial charge in [0.25, 0.3) is 0 Å². The maximum atomic E-state index is 12.1. The van der Waals surface area contributed by atoms with Crippen molar-refractivity contribution in [2.75, 3.05) is 19.8 Å². The second-order valence-corrected chi connectivity index (χ2v) is 6.24. The molecule has 0 bridgehead atoms. The number of hydrogen-bond donors (Lipinski definition) is 0. The number of carbonyl (C=O) groups is 2. The number of ether oxygens (including phenoxy) is 2. The van der Waals surface area contributed by atoms with E-state index in [0.717, 1.165) is 18.5 Å². The molecule has 0 N–H and O–H groups in total. The summed E-state index contributed by atoms with van der Waals surface area (Å²) in [4.78, 5) is 25.6. The third-order valence-electron chi connectivity index (χ3n) is 4.30. The highest BCUT2D eigenvalue weighted by molar-refractivity contribution is 5.89. The van der Waals surface area contributed by atoms with Crippen LogP contribution >= 0.6 is 0 Å². The van der Waals surface area contributed by atoms with Crippen molar-refractivity contribution >= 4 is 11.9 Å². The molecular formula is C21H20N2O4. The van der Waals surface area contributed by atoms with Crippen molar-refractivity contribution in [1.29, 1.82) is 5.26 Å². The van der Waals surface area contributed by atoms with Crippen molar-refractivity contribution < 1.29 is 19.1 Å². The minimum atomic E-state index is -0.415. The van der Waals surface area contributed by atoms with Gasteiger partial charge in [0.15, 0.2) is 0 Å². The smallest absolute Gasteiger partial charge is 0.338 e. The highest BCUT2D eigenvalue weighted by Crippen LogP contribution is 2.15. The van der Waals surface area contributed by atoms with E-state index in [0.29, 0.717) is 29.8 Å². The first kappa shape index (κ1) is 18.5. The van der Waals surface area contributed by atoms with Gasteiger partial charge in [0.1, 0.15) is 19.0 Å². The molecule has 3 rings (SSSR count). The third kappa shape index (κ3) is 5.08. The molecule has 2 aromatic carbocycles. The minimum Gasteiger partial charge on any atom is -0.490 e. The van der Waals surface area contributed by atoms with Gasteiger partial charge in [-0.2, -0.15) is 5.26 Å². The van der Waals surface area contributed by atoms with Gasteiger partial charge in [-0.3, -0.25) is 4.79 Å². The Balaban J connectivity index is 1.42. The van der Waals surface area contributed by atoms with Crippen LogP contribution in [0.3, 0.4) is 0 Å². The molecule has 2 aromatic rings. The number of nitriles is 1. The summed E-state index contributed by atoms with van der Waals surface area (Å²) in [6, 6.07) is 15.9. The van der Waals surface area contributed by atoms with Gasteiger partial charge in [-0.05, 0) is 48.4 Å². The van der Waals surface area contributed by atoms with Crippen molar-refractivity contribution in [3.8, 4) is 11.8 Å². The SMILES string of the molecule is N#Cc1ccc(OCCOC(=O)c2ccc(CN3CCCC3=O)cc2)cc1. The van der Waals surface area contributed by atoms with Crippen LogP contribution in [-0.4, -0.2) is 36.5 Å². The van der Waals surface area contributed by atoms with Crippen molar-refractivity contribution in [2.45, 2.75) is 19.4 Å². The molecule has 1 saturated heterocycles. The van der Waals surface area contributed by atoms with E-state index < -0.39 is 5.97 Å². The molecule has 1 amide bonds. The lowest BCUT2D eigenvalue weighted by Gasteiger charge is -2.15. The maximum Gasteiger partial charge on any atom is 0.338 e. The molecule has 0 atom stereocenters. The van der Waals surface area contributed by atoms with Gasteiger partial charge in [-0.1, -0.05) is 12.1 Å². The van der Waals surface area contributed by atoms with Gasteiger partial charge < -0.3 is 14.4 Å². The quantitative estimate of drug-likeness (QED) is 0.557. The second kappa shape index (κ2) is 8.86. The fraction of sp³-hybridized carbons (Fsp3) is 0.286. The van der Waals surface area contributed by atoms with Gasteiger partial charge in [0, 0.05) is 19.5 Å². The highest BCUT2D eigenvalue weighted by Gasteiger charge is 2.20. The molecule has 1 heterocycles. The molecule has 1 aliphatic rings. The number of rotatable bonds is 7. The molecule has 0 saturated carbocycles. The Kier molecular flexibility index (Phi) is 6.06. The number of benzene rings is 2. The predicted molar refractivity (Wildman–Crippen MR) is 98.0 cm³/mol. The summed E-state index contributed by atoms with van der Waals surface area (Å²) >= 11 is 0. The summed E-state index contributed by atoms with van der Waals surface area (Å²) < 4.78 is 10.7. The predicted octanol–water partition coefficient (Wildman–Crippen LogP) is 2.92. The van der Waals surface area contributed by atoms with Gasteiger partial charge in [-0.15, -0.1) is 0 Å². The minimum absolute atomic E-state index is 0.128. The van der Waals surface area contributed by atoms with Crippen LogP contribution in [0.4, 0.5) is 0 Å². The molecule has 6 nitrogen and oxygen atoms in total. The Hall–Kier alpha value is -3.33.